The SMILES string of the molecule is Cc1cc(-c2ccc(CCC(=O)O)cc2)ccc1OCCNC[C@H](O)c1ccc(O)c(S(C)(=O)=O)c1N. The summed E-state index contributed by atoms with van der Waals surface area (Å²) < 4.78 is 29.7. The van der Waals surface area contributed by atoms with Crippen LogP contribution >= 0.6 is 0 Å². The van der Waals surface area contributed by atoms with Gasteiger partial charge in [-0.1, -0.05) is 36.4 Å². The fraction of sp³-hybridized carbons (Fsp3) is 0.296. The zero-order valence-corrected chi connectivity index (χ0v) is 21.6. The summed E-state index contributed by atoms with van der Waals surface area (Å²) in [6.45, 7) is 2.82. The number of nitrogen functional groups attached to an aromatic ring is 1. The van der Waals surface area contributed by atoms with Crippen molar-refractivity contribution in [1.29, 1.82) is 0 Å². The lowest BCUT2D eigenvalue weighted by Gasteiger charge is -2.17. The molecule has 0 aromatic heterocycles. The van der Waals surface area contributed by atoms with Gasteiger partial charge in [-0.3, -0.25) is 4.79 Å². The van der Waals surface area contributed by atoms with Crippen LogP contribution in [0, 0.1) is 6.92 Å². The highest BCUT2D eigenvalue weighted by Crippen LogP contribution is 2.34. The fourth-order valence-electron chi connectivity index (χ4n) is 3.97. The molecule has 198 valence electrons. The van der Waals surface area contributed by atoms with E-state index >= 15 is 0 Å². The van der Waals surface area contributed by atoms with Gasteiger partial charge in [0.05, 0.1) is 11.8 Å². The highest BCUT2D eigenvalue weighted by atomic mass is 32.2. The molecule has 0 aliphatic rings. The minimum absolute atomic E-state index is 0.104. The molecule has 0 heterocycles. The number of rotatable bonds is 12. The Balaban J connectivity index is 1.51. The van der Waals surface area contributed by atoms with E-state index in [4.69, 9.17) is 15.6 Å². The summed E-state index contributed by atoms with van der Waals surface area (Å²) in [5.74, 6) is -0.539. The molecule has 0 unspecified atom stereocenters. The van der Waals surface area contributed by atoms with Gasteiger partial charge in [-0.15, -0.1) is 0 Å². The van der Waals surface area contributed by atoms with Crippen LogP contribution in [0.1, 0.15) is 29.2 Å². The number of anilines is 1. The van der Waals surface area contributed by atoms with Gasteiger partial charge in [0, 0.05) is 31.3 Å². The summed E-state index contributed by atoms with van der Waals surface area (Å²) in [4.78, 5) is 10.3. The number of aromatic hydroxyl groups is 1. The third-order valence-electron chi connectivity index (χ3n) is 5.90. The van der Waals surface area contributed by atoms with Gasteiger partial charge < -0.3 is 31.1 Å². The number of hydrogen-bond donors (Lipinski definition) is 5. The summed E-state index contributed by atoms with van der Waals surface area (Å²) >= 11 is 0. The fourth-order valence-corrected chi connectivity index (χ4v) is 4.94. The normalized spacial score (nSPS) is 12.3. The quantitative estimate of drug-likeness (QED) is 0.176. The zero-order valence-electron chi connectivity index (χ0n) is 20.8. The average Bonchev–Trinajstić information content (AvgIpc) is 2.82. The molecule has 9 nitrogen and oxygen atoms in total. The number of phenols is 1. The molecule has 0 amide bonds. The van der Waals surface area contributed by atoms with Gasteiger partial charge in [-0.05, 0) is 53.8 Å². The van der Waals surface area contributed by atoms with Crippen molar-refractivity contribution < 1.29 is 33.3 Å². The second-order valence-corrected chi connectivity index (χ2v) is 10.8. The summed E-state index contributed by atoms with van der Waals surface area (Å²) in [6.07, 6.45) is 0.473. The number of carbonyl (C=O) groups is 1. The van der Waals surface area contributed by atoms with Crippen LogP contribution in [-0.2, 0) is 21.1 Å². The molecule has 3 rings (SSSR count). The van der Waals surface area contributed by atoms with Crippen LogP contribution in [0.5, 0.6) is 11.5 Å². The van der Waals surface area contributed by atoms with Crippen molar-refractivity contribution in [2.75, 3.05) is 31.7 Å². The van der Waals surface area contributed by atoms with Crippen molar-refractivity contribution >= 4 is 21.5 Å². The molecule has 0 aliphatic heterocycles. The van der Waals surface area contributed by atoms with Gasteiger partial charge in [-0.25, -0.2) is 8.42 Å². The Morgan fingerprint density at radius 2 is 1.76 bits per heavy atom. The molecular formula is C27H32N2O7S. The highest BCUT2D eigenvalue weighted by Gasteiger charge is 2.22. The van der Waals surface area contributed by atoms with E-state index < -0.39 is 27.7 Å². The number of phenolic OH excluding ortho intramolecular Hbond substituents is 1. The lowest BCUT2D eigenvalue weighted by Crippen LogP contribution is -2.26. The predicted molar refractivity (Wildman–Crippen MR) is 142 cm³/mol. The second kappa shape index (κ2) is 12.1. The Bertz CT molecular complexity index is 1360. The number of carboxylic acids is 1. The molecule has 6 N–H and O–H groups in total. The number of nitrogens with two attached hydrogens (primary N) is 1. The van der Waals surface area contributed by atoms with Gasteiger partial charge in [0.25, 0.3) is 0 Å². The molecule has 0 saturated carbocycles. The van der Waals surface area contributed by atoms with Gasteiger partial charge in [0.2, 0.25) is 0 Å². The van der Waals surface area contributed by atoms with Crippen LogP contribution < -0.4 is 15.8 Å². The molecule has 3 aromatic rings. The standard InChI is InChI=1S/C27H32N2O7S/c1-17-15-20(19-6-3-18(4-7-19)5-12-25(32)33)8-11-24(17)36-14-13-29-16-23(31)21-9-10-22(30)27(26(21)28)37(2,34)35/h3-4,6-11,15,23,29-31H,5,12-14,16,28H2,1-2H3,(H,32,33)/t23-/m0/s1. The number of sulfone groups is 1. The Labute approximate surface area is 216 Å². The molecule has 0 fully saturated rings. The minimum atomic E-state index is -3.76. The van der Waals surface area contributed by atoms with Crippen LogP contribution in [-0.4, -0.2) is 55.7 Å². The smallest absolute Gasteiger partial charge is 0.303 e. The Kier molecular flexibility index (Phi) is 9.14. The first-order valence-corrected chi connectivity index (χ1v) is 13.6. The van der Waals surface area contributed by atoms with Gasteiger partial charge >= 0.3 is 5.97 Å². The summed E-state index contributed by atoms with van der Waals surface area (Å²) in [5, 5.41) is 32.2. The topological polar surface area (TPSA) is 159 Å². The number of aliphatic hydroxyl groups is 1. The van der Waals surface area contributed by atoms with Crippen LogP contribution in [0.25, 0.3) is 11.1 Å². The van der Waals surface area contributed by atoms with Crippen molar-refractivity contribution in [2.45, 2.75) is 30.8 Å². The molecule has 0 bridgehead atoms. The van der Waals surface area contributed by atoms with Crippen LogP contribution in [0.15, 0.2) is 59.5 Å². The van der Waals surface area contributed by atoms with Crippen LogP contribution in [0.4, 0.5) is 5.69 Å². The van der Waals surface area contributed by atoms with Gasteiger partial charge in [-0.2, -0.15) is 0 Å². The molecule has 0 saturated heterocycles. The number of aliphatic carboxylic acids is 1. The van der Waals surface area contributed by atoms with Crippen molar-refractivity contribution in [2.24, 2.45) is 0 Å². The first-order chi connectivity index (χ1) is 17.5. The molecule has 3 aromatic carbocycles. The molecule has 1 atom stereocenters. The molecule has 0 radical (unpaired) electrons. The van der Waals surface area contributed by atoms with E-state index in [1.165, 1.54) is 12.1 Å². The van der Waals surface area contributed by atoms with E-state index in [9.17, 15) is 23.4 Å². The molecule has 37 heavy (non-hydrogen) atoms. The van der Waals surface area contributed by atoms with E-state index in [1.807, 2.05) is 49.4 Å². The second-order valence-electron chi connectivity index (χ2n) is 8.83. The van der Waals surface area contributed by atoms with Crippen LogP contribution in [0.2, 0.25) is 0 Å². The largest absolute Gasteiger partial charge is 0.507 e. The highest BCUT2D eigenvalue weighted by molar-refractivity contribution is 7.91. The van der Waals surface area contributed by atoms with Crippen molar-refractivity contribution in [3.8, 4) is 22.6 Å². The summed E-state index contributed by atoms with van der Waals surface area (Å²) in [5.41, 5.74) is 9.94. The third-order valence-corrected chi connectivity index (χ3v) is 7.07. The number of hydrogen-bond acceptors (Lipinski definition) is 8. The molecule has 10 heteroatoms. The number of ether oxygens (including phenoxy) is 1. The Morgan fingerprint density at radius 1 is 1.08 bits per heavy atom. The van der Waals surface area contributed by atoms with E-state index in [2.05, 4.69) is 5.32 Å². The molecular weight excluding hydrogens is 496 g/mol. The maximum atomic E-state index is 11.9. The number of aryl methyl sites for hydroxylation is 2. The van der Waals surface area contributed by atoms with E-state index in [0.717, 1.165) is 34.3 Å². The number of carboxylic acid groups (broad SMARTS) is 1. The number of benzene rings is 3. The lowest BCUT2D eigenvalue weighted by atomic mass is 10.0. The predicted octanol–water partition coefficient (Wildman–Crippen LogP) is 3.07. The monoisotopic (exact) mass is 528 g/mol. The summed E-state index contributed by atoms with van der Waals surface area (Å²) in [7, 11) is -3.76. The summed E-state index contributed by atoms with van der Waals surface area (Å²) in [6, 6.07) is 16.3. The number of aliphatic hydroxyl groups excluding tert-OH is 1. The Morgan fingerprint density at radius 3 is 2.38 bits per heavy atom. The molecule has 0 spiro atoms. The Hall–Kier alpha value is -3.60. The average molecular weight is 529 g/mol. The third kappa shape index (κ3) is 7.45. The lowest BCUT2D eigenvalue weighted by molar-refractivity contribution is -0.136. The maximum Gasteiger partial charge on any atom is 0.303 e. The van der Waals surface area contributed by atoms with Crippen molar-refractivity contribution in [3.05, 3.63) is 71.3 Å². The van der Waals surface area contributed by atoms with E-state index in [1.54, 1.807) is 0 Å². The maximum absolute atomic E-state index is 11.9. The van der Waals surface area contributed by atoms with Gasteiger partial charge in [0.1, 0.15) is 23.0 Å². The van der Waals surface area contributed by atoms with Crippen molar-refractivity contribution in [3.63, 3.8) is 0 Å². The minimum Gasteiger partial charge on any atom is -0.507 e. The first-order valence-electron chi connectivity index (χ1n) is 11.7. The van der Waals surface area contributed by atoms with Gasteiger partial charge in [0.15, 0.2) is 9.84 Å². The first kappa shape index (κ1) is 28.0. The van der Waals surface area contributed by atoms with E-state index in [0.29, 0.717) is 19.6 Å². The van der Waals surface area contributed by atoms with Crippen molar-refractivity contribution in [1.82, 2.24) is 5.32 Å². The van der Waals surface area contributed by atoms with E-state index in [-0.39, 0.29) is 29.1 Å². The molecule has 0 aliphatic carbocycles. The zero-order chi connectivity index (χ0) is 27.2. The number of nitrogens with one attached hydrogen (secondary N) is 1. The van der Waals surface area contributed by atoms with Crippen LogP contribution in [0.3, 0.4) is 0 Å².